The van der Waals surface area contributed by atoms with Crippen LogP contribution < -0.4 is 5.32 Å². The SMILES string of the molecule is O=C(Nc1cccc(C(F)(F)F)c1)[C@H]1CN(S(=O)(=O)c2ccccc2)CCN1S(=O)(=O)c1ccccc1. The average molecular weight is 554 g/mol. The summed E-state index contributed by atoms with van der Waals surface area (Å²) in [4.78, 5) is 13.2. The van der Waals surface area contributed by atoms with E-state index in [9.17, 15) is 34.8 Å². The molecule has 8 nitrogen and oxygen atoms in total. The van der Waals surface area contributed by atoms with E-state index in [0.717, 1.165) is 26.8 Å². The van der Waals surface area contributed by atoms with Gasteiger partial charge in [0.25, 0.3) is 0 Å². The van der Waals surface area contributed by atoms with Gasteiger partial charge in [-0.15, -0.1) is 0 Å². The van der Waals surface area contributed by atoms with Crippen molar-refractivity contribution < 1.29 is 34.8 Å². The summed E-state index contributed by atoms with van der Waals surface area (Å²) in [7, 11) is -8.32. The molecule has 1 amide bonds. The van der Waals surface area contributed by atoms with Gasteiger partial charge in [0, 0.05) is 25.3 Å². The third-order valence-corrected chi connectivity index (χ3v) is 9.59. The lowest BCUT2D eigenvalue weighted by molar-refractivity contribution is -0.137. The van der Waals surface area contributed by atoms with Crippen molar-refractivity contribution in [3.63, 3.8) is 0 Å². The zero-order chi connectivity index (χ0) is 26.8. The van der Waals surface area contributed by atoms with Crippen LogP contribution in [0.4, 0.5) is 18.9 Å². The molecule has 0 aromatic heterocycles. The number of halogens is 3. The van der Waals surface area contributed by atoms with Gasteiger partial charge < -0.3 is 5.32 Å². The van der Waals surface area contributed by atoms with Crippen LogP contribution in [0.2, 0.25) is 0 Å². The minimum atomic E-state index is -4.66. The van der Waals surface area contributed by atoms with Crippen LogP contribution in [0.1, 0.15) is 5.56 Å². The molecule has 1 aliphatic rings. The number of piperazine rings is 1. The average Bonchev–Trinajstić information content (AvgIpc) is 2.89. The van der Waals surface area contributed by atoms with E-state index < -0.39 is 50.3 Å². The summed E-state index contributed by atoms with van der Waals surface area (Å²) < 4.78 is 94.5. The van der Waals surface area contributed by atoms with Gasteiger partial charge >= 0.3 is 6.18 Å². The minimum Gasteiger partial charge on any atom is -0.325 e. The van der Waals surface area contributed by atoms with Crippen molar-refractivity contribution in [2.24, 2.45) is 0 Å². The predicted octanol–water partition coefficient (Wildman–Crippen LogP) is 3.41. The summed E-state index contributed by atoms with van der Waals surface area (Å²) in [5.41, 5.74) is -1.21. The summed E-state index contributed by atoms with van der Waals surface area (Å²) in [6.45, 7) is -1.10. The molecule has 0 spiro atoms. The van der Waals surface area contributed by atoms with Crippen LogP contribution in [-0.2, 0) is 31.0 Å². The van der Waals surface area contributed by atoms with Crippen molar-refractivity contribution in [2.75, 3.05) is 25.0 Å². The molecule has 1 N–H and O–H groups in total. The topological polar surface area (TPSA) is 104 Å². The molecule has 1 heterocycles. The van der Waals surface area contributed by atoms with Crippen LogP contribution in [0.5, 0.6) is 0 Å². The van der Waals surface area contributed by atoms with Gasteiger partial charge in [0.1, 0.15) is 6.04 Å². The van der Waals surface area contributed by atoms with Crippen molar-refractivity contribution in [3.8, 4) is 0 Å². The first kappa shape index (κ1) is 26.8. The molecule has 1 fully saturated rings. The Balaban J connectivity index is 1.69. The molecule has 37 heavy (non-hydrogen) atoms. The van der Waals surface area contributed by atoms with Crippen molar-refractivity contribution in [1.29, 1.82) is 0 Å². The molecule has 1 atom stereocenters. The maximum absolute atomic E-state index is 13.4. The van der Waals surface area contributed by atoms with Crippen LogP contribution in [0.3, 0.4) is 0 Å². The standard InChI is InChI=1S/C24H22F3N3O5S2/c25-24(26,27)18-8-7-9-19(16-18)28-23(31)22-17-29(36(32,33)20-10-3-1-4-11-20)14-15-30(22)37(34,35)21-12-5-2-6-13-21/h1-13,16,22H,14-15,17H2,(H,28,31)/t22-/m1/s1. The number of hydrogen-bond acceptors (Lipinski definition) is 5. The number of carbonyl (C=O) groups is 1. The van der Waals surface area contributed by atoms with Gasteiger partial charge in [-0.1, -0.05) is 42.5 Å². The second-order valence-electron chi connectivity index (χ2n) is 8.19. The third-order valence-electron chi connectivity index (χ3n) is 5.78. The zero-order valence-corrected chi connectivity index (χ0v) is 20.8. The van der Waals surface area contributed by atoms with E-state index in [1.54, 1.807) is 12.1 Å². The van der Waals surface area contributed by atoms with E-state index in [4.69, 9.17) is 0 Å². The summed E-state index contributed by atoms with van der Waals surface area (Å²) in [6, 6.07) is 17.1. The van der Waals surface area contributed by atoms with E-state index in [0.29, 0.717) is 0 Å². The predicted molar refractivity (Wildman–Crippen MR) is 129 cm³/mol. The first-order chi connectivity index (χ1) is 17.4. The van der Waals surface area contributed by atoms with Crippen molar-refractivity contribution in [3.05, 3.63) is 90.5 Å². The van der Waals surface area contributed by atoms with E-state index in [1.807, 2.05) is 0 Å². The molecule has 13 heteroatoms. The zero-order valence-electron chi connectivity index (χ0n) is 19.2. The van der Waals surface area contributed by atoms with Gasteiger partial charge in [-0.25, -0.2) is 16.8 Å². The Morgan fingerprint density at radius 2 is 1.35 bits per heavy atom. The first-order valence-corrected chi connectivity index (χ1v) is 13.9. The molecule has 4 rings (SSSR count). The molecular formula is C24H22F3N3O5S2. The number of benzene rings is 3. The molecule has 0 bridgehead atoms. The maximum atomic E-state index is 13.4. The van der Waals surface area contributed by atoms with Crippen LogP contribution in [0, 0.1) is 0 Å². The fourth-order valence-electron chi connectivity index (χ4n) is 3.93. The summed E-state index contributed by atoms with van der Waals surface area (Å²) in [6.07, 6.45) is -4.66. The van der Waals surface area contributed by atoms with Crippen LogP contribution in [0.25, 0.3) is 0 Å². The van der Waals surface area contributed by atoms with Crippen LogP contribution >= 0.6 is 0 Å². The molecule has 0 radical (unpaired) electrons. The van der Waals surface area contributed by atoms with Crippen molar-refractivity contribution in [1.82, 2.24) is 8.61 Å². The monoisotopic (exact) mass is 553 g/mol. The Hall–Kier alpha value is -3.26. The molecular weight excluding hydrogens is 531 g/mol. The Morgan fingerprint density at radius 1 is 0.784 bits per heavy atom. The Morgan fingerprint density at radius 3 is 1.92 bits per heavy atom. The highest BCUT2D eigenvalue weighted by molar-refractivity contribution is 7.89. The number of alkyl halides is 3. The molecule has 3 aromatic carbocycles. The van der Waals surface area contributed by atoms with Crippen LogP contribution in [0.15, 0.2) is 94.7 Å². The number of nitrogens with zero attached hydrogens (tertiary/aromatic N) is 2. The first-order valence-electron chi connectivity index (χ1n) is 11.0. The van der Waals surface area contributed by atoms with E-state index in [2.05, 4.69) is 5.32 Å². The lowest BCUT2D eigenvalue weighted by Crippen LogP contribution is -2.60. The van der Waals surface area contributed by atoms with E-state index in [-0.39, 0.29) is 28.6 Å². The second kappa shape index (κ2) is 10.2. The highest BCUT2D eigenvalue weighted by Crippen LogP contribution is 2.31. The number of nitrogens with one attached hydrogen (secondary N) is 1. The normalized spacial score (nSPS) is 17.9. The van der Waals surface area contributed by atoms with E-state index in [1.165, 1.54) is 54.6 Å². The molecule has 3 aromatic rings. The van der Waals surface area contributed by atoms with Gasteiger partial charge in [0.05, 0.1) is 15.4 Å². The lowest BCUT2D eigenvalue weighted by Gasteiger charge is -2.38. The number of anilines is 1. The van der Waals surface area contributed by atoms with Gasteiger partial charge in [-0.2, -0.15) is 21.8 Å². The Kier molecular flexibility index (Phi) is 7.42. The van der Waals surface area contributed by atoms with Gasteiger partial charge in [-0.3, -0.25) is 4.79 Å². The highest BCUT2D eigenvalue weighted by Gasteiger charge is 2.43. The molecule has 196 valence electrons. The Bertz CT molecular complexity index is 1480. The molecule has 0 saturated carbocycles. The molecule has 0 unspecified atom stereocenters. The number of amides is 1. The summed E-state index contributed by atoms with van der Waals surface area (Å²) in [5, 5.41) is 2.32. The third kappa shape index (κ3) is 5.69. The van der Waals surface area contributed by atoms with Crippen LogP contribution in [-0.4, -0.2) is 57.0 Å². The maximum Gasteiger partial charge on any atom is 0.416 e. The lowest BCUT2D eigenvalue weighted by atomic mass is 10.1. The molecule has 1 saturated heterocycles. The Labute approximate surface area is 212 Å². The van der Waals surface area contributed by atoms with Gasteiger partial charge in [-0.05, 0) is 42.5 Å². The highest BCUT2D eigenvalue weighted by atomic mass is 32.2. The molecule has 0 aliphatic carbocycles. The smallest absolute Gasteiger partial charge is 0.325 e. The number of rotatable bonds is 6. The number of hydrogen-bond donors (Lipinski definition) is 1. The molecule has 1 aliphatic heterocycles. The van der Waals surface area contributed by atoms with Crippen molar-refractivity contribution >= 4 is 31.6 Å². The summed E-state index contributed by atoms with van der Waals surface area (Å²) >= 11 is 0. The van der Waals surface area contributed by atoms with E-state index >= 15 is 0 Å². The largest absolute Gasteiger partial charge is 0.416 e. The second-order valence-corrected chi connectivity index (χ2v) is 12.0. The number of sulfonamides is 2. The fourth-order valence-corrected chi connectivity index (χ4v) is 6.98. The van der Waals surface area contributed by atoms with Gasteiger partial charge in [0.15, 0.2) is 0 Å². The fraction of sp³-hybridized carbons (Fsp3) is 0.208. The number of carbonyl (C=O) groups excluding carboxylic acids is 1. The van der Waals surface area contributed by atoms with Gasteiger partial charge in [0.2, 0.25) is 26.0 Å². The quantitative estimate of drug-likeness (QED) is 0.504. The minimum absolute atomic E-state index is 0.0357. The summed E-state index contributed by atoms with van der Waals surface area (Å²) in [5.74, 6) is -0.966. The van der Waals surface area contributed by atoms with Crippen molar-refractivity contribution in [2.45, 2.75) is 22.0 Å².